The molecule has 0 radical (unpaired) electrons. The fourth-order valence-corrected chi connectivity index (χ4v) is 4.80. The first-order valence-electron chi connectivity index (χ1n) is 10.8. The summed E-state index contributed by atoms with van der Waals surface area (Å²) in [6.45, 7) is 4.12. The summed E-state index contributed by atoms with van der Waals surface area (Å²) in [6, 6.07) is 9.89. The summed E-state index contributed by atoms with van der Waals surface area (Å²) >= 11 is 0. The van der Waals surface area contributed by atoms with E-state index in [4.69, 9.17) is 0 Å². The number of rotatable bonds is 9. The number of aromatic nitrogens is 4. The molecule has 0 spiro atoms. The molecule has 4 rings (SSSR count). The summed E-state index contributed by atoms with van der Waals surface area (Å²) < 4.78 is 31.8. The van der Waals surface area contributed by atoms with Gasteiger partial charge in [0.2, 0.25) is 10.0 Å². The van der Waals surface area contributed by atoms with Crippen LogP contribution in [0.1, 0.15) is 35.5 Å². The molecule has 4 aromatic rings. The van der Waals surface area contributed by atoms with Gasteiger partial charge in [0.1, 0.15) is 5.65 Å². The Bertz CT molecular complexity index is 1390. The van der Waals surface area contributed by atoms with Crippen molar-refractivity contribution in [3.05, 3.63) is 78.0 Å². The van der Waals surface area contributed by atoms with E-state index in [0.717, 1.165) is 11.2 Å². The molecule has 0 aliphatic rings. The van der Waals surface area contributed by atoms with E-state index in [2.05, 4.69) is 25.4 Å². The van der Waals surface area contributed by atoms with Gasteiger partial charge in [0, 0.05) is 55.0 Å². The lowest BCUT2D eigenvalue weighted by atomic mass is 10.1. The van der Waals surface area contributed by atoms with Gasteiger partial charge in [0.25, 0.3) is 5.91 Å². The van der Waals surface area contributed by atoms with Crippen LogP contribution in [0, 0.1) is 0 Å². The average Bonchev–Trinajstić information content (AvgIpc) is 3.40. The second kappa shape index (κ2) is 9.65. The Morgan fingerprint density at radius 3 is 2.65 bits per heavy atom. The summed E-state index contributed by atoms with van der Waals surface area (Å²) in [5.41, 5.74) is 3.13. The predicted octanol–water partition coefficient (Wildman–Crippen LogP) is 2.30. The van der Waals surface area contributed by atoms with Gasteiger partial charge >= 0.3 is 0 Å². The summed E-state index contributed by atoms with van der Waals surface area (Å²) in [7, 11) is -1.98. The first-order valence-corrected chi connectivity index (χ1v) is 12.3. The largest absolute Gasteiger partial charge is 0.381 e. The highest BCUT2D eigenvalue weighted by Gasteiger charge is 2.19. The van der Waals surface area contributed by atoms with Gasteiger partial charge in [-0.3, -0.25) is 9.48 Å². The second-order valence-electron chi connectivity index (χ2n) is 8.28. The summed E-state index contributed by atoms with van der Waals surface area (Å²) in [5.74, 6) is -0.400. The molecule has 0 aliphatic heterocycles. The average molecular weight is 482 g/mol. The van der Waals surface area contributed by atoms with Crippen LogP contribution in [-0.4, -0.2) is 39.5 Å². The number of amides is 1. The number of nitrogens with one attached hydrogen (secondary N) is 3. The van der Waals surface area contributed by atoms with Crippen LogP contribution in [0.2, 0.25) is 0 Å². The first-order chi connectivity index (χ1) is 16.2. The van der Waals surface area contributed by atoms with Crippen molar-refractivity contribution in [1.82, 2.24) is 29.2 Å². The lowest BCUT2D eigenvalue weighted by Gasteiger charge is -2.14. The second-order valence-corrected chi connectivity index (χ2v) is 9.99. The van der Waals surface area contributed by atoms with Crippen molar-refractivity contribution in [3.8, 4) is 0 Å². The maximum absolute atomic E-state index is 13.0. The Morgan fingerprint density at radius 1 is 1.12 bits per heavy atom. The third kappa shape index (κ3) is 5.61. The Hall–Kier alpha value is -3.70. The van der Waals surface area contributed by atoms with Crippen molar-refractivity contribution < 1.29 is 13.2 Å². The minimum Gasteiger partial charge on any atom is -0.381 e. The maximum atomic E-state index is 13.0. The Labute approximate surface area is 198 Å². The molecule has 0 aliphatic carbocycles. The third-order valence-corrected chi connectivity index (χ3v) is 6.61. The van der Waals surface area contributed by atoms with Crippen LogP contribution in [0.3, 0.4) is 0 Å². The molecule has 34 heavy (non-hydrogen) atoms. The molecule has 0 saturated carbocycles. The molecular weight excluding hydrogens is 454 g/mol. The zero-order chi connectivity index (χ0) is 24.3. The van der Waals surface area contributed by atoms with Crippen molar-refractivity contribution in [2.75, 3.05) is 5.32 Å². The number of fused-ring (bicyclic) bond motifs is 1. The molecule has 3 heterocycles. The van der Waals surface area contributed by atoms with Gasteiger partial charge in [0.15, 0.2) is 0 Å². The van der Waals surface area contributed by atoms with Gasteiger partial charge in [-0.15, -0.1) is 0 Å². The number of hydrogen-bond acceptors (Lipinski definition) is 6. The van der Waals surface area contributed by atoms with Crippen molar-refractivity contribution in [3.63, 3.8) is 0 Å². The fraction of sp³-hybridized carbons (Fsp3) is 0.261. The molecule has 0 fully saturated rings. The number of sulfonamides is 1. The number of nitrogens with zero attached hydrogens (tertiary/aromatic N) is 4. The van der Waals surface area contributed by atoms with Gasteiger partial charge in [0.05, 0.1) is 23.3 Å². The van der Waals surface area contributed by atoms with E-state index in [-0.39, 0.29) is 23.0 Å². The van der Waals surface area contributed by atoms with Crippen molar-refractivity contribution in [2.24, 2.45) is 7.05 Å². The SMILES string of the molecule is CC(C)NS(=O)(=O)c1cc(NCc2cnn(C)c2)cc(C(=O)NCc2cn3ccccc3n2)c1. The normalized spacial score (nSPS) is 11.8. The molecular formula is C23H27N7O3S. The number of carbonyl (C=O) groups excluding carboxylic acids is 1. The van der Waals surface area contributed by atoms with Crippen LogP contribution < -0.4 is 15.4 Å². The molecule has 1 aromatic carbocycles. The number of benzene rings is 1. The molecule has 0 saturated heterocycles. The monoisotopic (exact) mass is 481 g/mol. The van der Waals surface area contributed by atoms with Crippen LogP contribution in [-0.2, 0) is 30.2 Å². The maximum Gasteiger partial charge on any atom is 0.251 e. The molecule has 3 N–H and O–H groups in total. The number of pyridine rings is 1. The molecule has 11 heteroatoms. The standard InChI is InChI=1S/C23H27N7O3S/c1-16(2)28-34(32,33)21-9-18(8-19(10-21)24-11-17-12-26-29(3)14-17)23(31)25-13-20-15-30-7-5-4-6-22(30)27-20/h4-10,12,14-16,24,28H,11,13H2,1-3H3,(H,25,31). The zero-order valence-electron chi connectivity index (χ0n) is 19.2. The van der Waals surface area contributed by atoms with E-state index in [9.17, 15) is 13.2 Å². The van der Waals surface area contributed by atoms with E-state index >= 15 is 0 Å². The first kappa shape index (κ1) is 23.5. The molecule has 10 nitrogen and oxygen atoms in total. The highest BCUT2D eigenvalue weighted by Crippen LogP contribution is 2.21. The van der Waals surface area contributed by atoms with Gasteiger partial charge < -0.3 is 15.0 Å². The van der Waals surface area contributed by atoms with Crippen molar-refractivity contribution in [1.29, 1.82) is 0 Å². The van der Waals surface area contributed by atoms with Gasteiger partial charge in [-0.25, -0.2) is 18.1 Å². The zero-order valence-corrected chi connectivity index (χ0v) is 20.0. The lowest BCUT2D eigenvalue weighted by molar-refractivity contribution is 0.0950. The molecule has 0 atom stereocenters. The quantitative estimate of drug-likeness (QED) is 0.337. The van der Waals surface area contributed by atoms with E-state index in [1.807, 2.05) is 48.2 Å². The molecule has 178 valence electrons. The Morgan fingerprint density at radius 2 is 1.94 bits per heavy atom. The van der Waals surface area contributed by atoms with E-state index in [1.165, 1.54) is 12.1 Å². The summed E-state index contributed by atoms with van der Waals surface area (Å²) in [4.78, 5) is 17.4. The number of carbonyl (C=O) groups is 1. The number of anilines is 1. The van der Waals surface area contributed by atoms with Gasteiger partial charge in [-0.2, -0.15) is 5.10 Å². The highest BCUT2D eigenvalue weighted by molar-refractivity contribution is 7.89. The Kier molecular flexibility index (Phi) is 6.66. The number of imidazole rings is 1. The minimum absolute atomic E-state index is 0.00951. The van der Waals surface area contributed by atoms with E-state index < -0.39 is 15.9 Å². The van der Waals surface area contributed by atoms with E-state index in [1.54, 1.807) is 30.8 Å². The van der Waals surface area contributed by atoms with Crippen LogP contribution in [0.25, 0.3) is 5.65 Å². The van der Waals surface area contributed by atoms with Crippen molar-refractivity contribution in [2.45, 2.75) is 37.9 Å². The number of aryl methyl sites for hydroxylation is 1. The number of hydrogen-bond donors (Lipinski definition) is 3. The van der Waals surface area contributed by atoms with Crippen LogP contribution in [0.15, 0.2) is 66.1 Å². The summed E-state index contributed by atoms with van der Waals surface area (Å²) in [5, 5.41) is 10.1. The predicted molar refractivity (Wildman–Crippen MR) is 129 cm³/mol. The van der Waals surface area contributed by atoms with Crippen LogP contribution in [0.4, 0.5) is 5.69 Å². The minimum atomic E-state index is -3.80. The fourth-order valence-electron chi connectivity index (χ4n) is 3.48. The molecule has 0 bridgehead atoms. The topological polar surface area (TPSA) is 122 Å². The molecule has 3 aromatic heterocycles. The smallest absolute Gasteiger partial charge is 0.251 e. The lowest BCUT2D eigenvalue weighted by Crippen LogP contribution is -2.30. The molecule has 1 amide bonds. The van der Waals surface area contributed by atoms with Crippen LogP contribution >= 0.6 is 0 Å². The van der Waals surface area contributed by atoms with Crippen molar-refractivity contribution >= 4 is 27.3 Å². The summed E-state index contributed by atoms with van der Waals surface area (Å²) in [6.07, 6.45) is 7.29. The van der Waals surface area contributed by atoms with Gasteiger partial charge in [-0.05, 0) is 44.2 Å². The van der Waals surface area contributed by atoms with Crippen LogP contribution in [0.5, 0.6) is 0 Å². The van der Waals surface area contributed by atoms with Gasteiger partial charge in [-0.1, -0.05) is 6.07 Å². The van der Waals surface area contributed by atoms with E-state index in [0.29, 0.717) is 17.9 Å². The third-order valence-electron chi connectivity index (χ3n) is 4.97. The molecule has 0 unspecified atom stereocenters. The highest BCUT2D eigenvalue weighted by atomic mass is 32.2. The Balaban J connectivity index is 1.56.